The van der Waals surface area contributed by atoms with E-state index in [1.54, 1.807) is 0 Å². The van der Waals surface area contributed by atoms with Gasteiger partial charge in [0, 0.05) is 0 Å². The number of amides is 1. The van der Waals surface area contributed by atoms with Crippen LogP contribution in [0.3, 0.4) is 0 Å². The Morgan fingerprint density at radius 3 is 2.03 bits per heavy atom. The summed E-state index contributed by atoms with van der Waals surface area (Å²) in [5.74, 6) is -0.932. The topological polar surface area (TPSA) is 63.2 Å². The first-order chi connectivity index (χ1) is 14.4. The molecule has 0 aromatic heterocycles. The highest BCUT2D eigenvalue weighted by Crippen LogP contribution is 2.21. The van der Waals surface area contributed by atoms with Crippen LogP contribution in [0.1, 0.15) is 30.5 Å². The molecule has 30 heavy (non-hydrogen) atoms. The summed E-state index contributed by atoms with van der Waals surface area (Å²) in [5, 5.41) is 2.80. The zero-order valence-electron chi connectivity index (χ0n) is 17.1. The molecule has 0 fully saturated rings. The Morgan fingerprint density at radius 2 is 1.40 bits per heavy atom. The molecule has 3 aromatic rings. The van der Waals surface area contributed by atoms with Crippen molar-refractivity contribution in [3.05, 3.63) is 96.1 Å². The van der Waals surface area contributed by atoms with E-state index in [2.05, 4.69) is 5.32 Å². The SMILES string of the molecule is CC(NC(=O)CS(=O)(=O)CCCc1ccccc1)c1ccc(-c2ccccc2)cc1. The molecule has 4 nitrogen and oxygen atoms in total. The maximum atomic E-state index is 12.3. The number of hydrogen-bond donors (Lipinski definition) is 1. The first-order valence-electron chi connectivity index (χ1n) is 10.1. The largest absolute Gasteiger partial charge is 0.349 e. The van der Waals surface area contributed by atoms with Gasteiger partial charge < -0.3 is 5.32 Å². The predicted octanol–water partition coefficient (Wildman–Crippen LogP) is 4.58. The van der Waals surface area contributed by atoms with E-state index < -0.39 is 21.5 Å². The van der Waals surface area contributed by atoms with Crippen molar-refractivity contribution in [2.75, 3.05) is 11.5 Å². The van der Waals surface area contributed by atoms with Gasteiger partial charge in [-0.25, -0.2) is 8.42 Å². The van der Waals surface area contributed by atoms with Gasteiger partial charge in [0.05, 0.1) is 11.8 Å². The van der Waals surface area contributed by atoms with Crippen LogP contribution in [-0.4, -0.2) is 25.8 Å². The van der Waals surface area contributed by atoms with Crippen molar-refractivity contribution in [3.8, 4) is 11.1 Å². The van der Waals surface area contributed by atoms with Crippen LogP contribution in [0.25, 0.3) is 11.1 Å². The Balaban J connectivity index is 1.49. The fourth-order valence-corrected chi connectivity index (χ4v) is 4.59. The molecular formula is C25H27NO3S. The van der Waals surface area contributed by atoms with E-state index in [0.29, 0.717) is 12.8 Å². The van der Waals surface area contributed by atoms with E-state index in [-0.39, 0.29) is 11.8 Å². The highest BCUT2D eigenvalue weighted by Gasteiger charge is 2.18. The lowest BCUT2D eigenvalue weighted by molar-refractivity contribution is -0.119. The van der Waals surface area contributed by atoms with Crippen LogP contribution < -0.4 is 5.32 Å². The minimum absolute atomic E-state index is 0.00939. The lowest BCUT2D eigenvalue weighted by Crippen LogP contribution is -2.33. The maximum Gasteiger partial charge on any atom is 0.235 e. The number of carbonyl (C=O) groups is 1. The molecule has 3 rings (SSSR count). The molecule has 1 atom stereocenters. The Morgan fingerprint density at radius 1 is 0.833 bits per heavy atom. The van der Waals surface area contributed by atoms with E-state index in [4.69, 9.17) is 0 Å². The summed E-state index contributed by atoms with van der Waals surface area (Å²) in [6, 6.07) is 27.5. The molecule has 156 valence electrons. The maximum absolute atomic E-state index is 12.3. The molecular weight excluding hydrogens is 394 g/mol. The molecule has 0 bridgehead atoms. The van der Waals surface area contributed by atoms with Gasteiger partial charge in [0.15, 0.2) is 9.84 Å². The van der Waals surface area contributed by atoms with E-state index in [0.717, 1.165) is 22.3 Å². The number of aryl methyl sites for hydroxylation is 1. The molecule has 0 spiro atoms. The molecule has 0 saturated carbocycles. The van der Waals surface area contributed by atoms with Crippen LogP contribution in [0, 0.1) is 0 Å². The lowest BCUT2D eigenvalue weighted by atomic mass is 10.0. The summed E-state index contributed by atoms with van der Waals surface area (Å²) >= 11 is 0. The average Bonchev–Trinajstić information content (AvgIpc) is 2.74. The molecule has 0 saturated heterocycles. The van der Waals surface area contributed by atoms with Gasteiger partial charge in [0.2, 0.25) is 5.91 Å². The number of nitrogens with one attached hydrogen (secondary N) is 1. The number of sulfone groups is 1. The van der Waals surface area contributed by atoms with Crippen LogP contribution in [0.15, 0.2) is 84.9 Å². The van der Waals surface area contributed by atoms with Crippen molar-refractivity contribution in [1.82, 2.24) is 5.32 Å². The van der Waals surface area contributed by atoms with Gasteiger partial charge in [-0.15, -0.1) is 0 Å². The molecule has 1 unspecified atom stereocenters. The second kappa shape index (κ2) is 10.2. The minimum Gasteiger partial charge on any atom is -0.349 e. The van der Waals surface area contributed by atoms with Crippen LogP contribution >= 0.6 is 0 Å². The first-order valence-corrected chi connectivity index (χ1v) is 11.9. The third kappa shape index (κ3) is 6.56. The Bertz CT molecular complexity index is 1050. The molecule has 0 radical (unpaired) electrons. The van der Waals surface area contributed by atoms with E-state index in [9.17, 15) is 13.2 Å². The van der Waals surface area contributed by atoms with Gasteiger partial charge in [-0.1, -0.05) is 84.9 Å². The third-order valence-electron chi connectivity index (χ3n) is 5.01. The van der Waals surface area contributed by atoms with Crippen LogP contribution in [0.4, 0.5) is 0 Å². The van der Waals surface area contributed by atoms with Gasteiger partial charge in [0.25, 0.3) is 0 Å². The highest BCUT2D eigenvalue weighted by atomic mass is 32.2. The van der Waals surface area contributed by atoms with Gasteiger partial charge in [0.1, 0.15) is 5.75 Å². The minimum atomic E-state index is -3.43. The lowest BCUT2D eigenvalue weighted by Gasteiger charge is -2.15. The van der Waals surface area contributed by atoms with Crippen molar-refractivity contribution in [3.63, 3.8) is 0 Å². The molecule has 0 aliphatic rings. The monoisotopic (exact) mass is 421 g/mol. The van der Waals surface area contributed by atoms with Crippen LogP contribution in [0.5, 0.6) is 0 Å². The van der Waals surface area contributed by atoms with Crippen molar-refractivity contribution in [2.45, 2.75) is 25.8 Å². The van der Waals surface area contributed by atoms with Crippen molar-refractivity contribution in [2.24, 2.45) is 0 Å². The van der Waals surface area contributed by atoms with Crippen LogP contribution in [0.2, 0.25) is 0 Å². The van der Waals surface area contributed by atoms with Crippen molar-refractivity contribution in [1.29, 1.82) is 0 Å². The van der Waals surface area contributed by atoms with Gasteiger partial charge >= 0.3 is 0 Å². The van der Waals surface area contributed by atoms with Gasteiger partial charge in [-0.05, 0) is 42.0 Å². The Hall–Kier alpha value is -2.92. The normalized spacial score (nSPS) is 12.3. The highest BCUT2D eigenvalue weighted by molar-refractivity contribution is 7.92. The predicted molar refractivity (Wildman–Crippen MR) is 122 cm³/mol. The smallest absolute Gasteiger partial charge is 0.235 e. The third-order valence-corrected chi connectivity index (χ3v) is 6.62. The molecule has 1 amide bonds. The molecule has 0 aliphatic carbocycles. The second-order valence-electron chi connectivity index (χ2n) is 7.46. The summed E-state index contributed by atoms with van der Waals surface area (Å²) in [6.45, 7) is 1.86. The summed E-state index contributed by atoms with van der Waals surface area (Å²) in [4.78, 5) is 12.3. The molecule has 0 aliphatic heterocycles. The summed E-state index contributed by atoms with van der Waals surface area (Å²) in [6.07, 6.45) is 1.20. The quantitative estimate of drug-likeness (QED) is 0.550. The fraction of sp³-hybridized carbons (Fsp3) is 0.240. The average molecular weight is 422 g/mol. The summed E-state index contributed by atoms with van der Waals surface area (Å²) < 4.78 is 24.6. The number of carbonyl (C=O) groups excluding carboxylic acids is 1. The van der Waals surface area contributed by atoms with Gasteiger partial charge in [-0.2, -0.15) is 0 Å². The molecule has 0 heterocycles. The number of rotatable bonds is 9. The van der Waals surface area contributed by atoms with Gasteiger partial charge in [-0.3, -0.25) is 4.79 Å². The van der Waals surface area contributed by atoms with E-state index in [1.807, 2.05) is 91.9 Å². The second-order valence-corrected chi connectivity index (χ2v) is 9.64. The van der Waals surface area contributed by atoms with E-state index in [1.165, 1.54) is 0 Å². The number of hydrogen-bond acceptors (Lipinski definition) is 3. The standard InChI is InChI=1S/C25H27NO3S/c1-20(22-14-16-24(17-15-22)23-12-6-3-7-13-23)26-25(27)19-30(28,29)18-8-11-21-9-4-2-5-10-21/h2-7,9-10,12-17,20H,8,11,18-19H2,1H3,(H,26,27). The number of benzene rings is 3. The molecule has 5 heteroatoms. The zero-order valence-corrected chi connectivity index (χ0v) is 17.9. The summed E-state index contributed by atoms with van der Waals surface area (Å²) in [7, 11) is -3.43. The molecule has 1 N–H and O–H groups in total. The summed E-state index contributed by atoms with van der Waals surface area (Å²) in [5.41, 5.74) is 4.26. The molecule has 3 aromatic carbocycles. The fourth-order valence-electron chi connectivity index (χ4n) is 3.37. The zero-order chi connectivity index (χ0) is 21.4. The van der Waals surface area contributed by atoms with Crippen molar-refractivity contribution < 1.29 is 13.2 Å². The van der Waals surface area contributed by atoms with E-state index >= 15 is 0 Å². The first kappa shape index (κ1) is 21.8. The Labute approximate surface area is 178 Å². The van der Waals surface area contributed by atoms with Crippen molar-refractivity contribution >= 4 is 15.7 Å². The van der Waals surface area contributed by atoms with Crippen LogP contribution in [-0.2, 0) is 21.1 Å². The Kier molecular flexibility index (Phi) is 7.41.